The van der Waals surface area contributed by atoms with Crippen LogP contribution < -0.4 is 15.5 Å². The van der Waals surface area contributed by atoms with Crippen LogP contribution in [0.4, 0.5) is 10.5 Å². The van der Waals surface area contributed by atoms with Crippen molar-refractivity contribution < 1.29 is 9.53 Å². The van der Waals surface area contributed by atoms with Gasteiger partial charge in [0.05, 0.1) is 15.7 Å². The van der Waals surface area contributed by atoms with Crippen molar-refractivity contribution in [3.8, 4) is 5.75 Å². The number of rotatable bonds is 6. The fourth-order valence-corrected chi connectivity index (χ4v) is 4.03. The van der Waals surface area contributed by atoms with E-state index in [2.05, 4.69) is 47.7 Å². The third-order valence-corrected chi connectivity index (χ3v) is 6.27. The van der Waals surface area contributed by atoms with Crippen molar-refractivity contribution in [1.82, 2.24) is 5.43 Å². The van der Waals surface area contributed by atoms with Gasteiger partial charge >= 0.3 is 6.03 Å². The van der Waals surface area contributed by atoms with Crippen molar-refractivity contribution in [3.05, 3.63) is 90.3 Å². The highest BCUT2D eigenvalue weighted by Gasteiger charge is 2.10. The summed E-state index contributed by atoms with van der Waals surface area (Å²) in [5.74, 6) is 0.495. The van der Waals surface area contributed by atoms with Crippen LogP contribution in [0.3, 0.4) is 0 Å². The summed E-state index contributed by atoms with van der Waals surface area (Å²) < 4.78 is 7.45. The van der Waals surface area contributed by atoms with Crippen LogP contribution >= 0.6 is 55.1 Å². The maximum absolute atomic E-state index is 12.0. The lowest BCUT2D eigenvalue weighted by Crippen LogP contribution is -2.24. The molecule has 0 unspecified atom stereocenters. The number of ether oxygens (including phenoxy) is 1. The summed E-state index contributed by atoms with van der Waals surface area (Å²) in [5, 5.41) is 7.70. The molecule has 0 fully saturated rings. The van der Waals surface area contributed by atoms with E-state index in [4.69, 9.17) is 27.9 Å². The first-order valence-electron chi connectivity index (χ1n) is 9.05. The summed E-state index contributed by atoms with van der Waals surface area (Å²) in [6, 6.07) is 16.0. The van der Waals surface area contributed by atoms with E-state index < -0.39 is 6.03 Å². The first-order valence-corrected chi connectivity index (χ1v) is 11.4. The molecule has 0 aliphatic rings. The van der Waals surface area contributed by atoms with Crippen LogP contribution in [-0.4, -0.2) is 12.2 Å². The molecule has 0 aliphatic carbocycles. The zero-order valence-corrected chi connectivity index (χ0v) is 20.9. The third kappa shape index (κ3) is 6.71. The minimum absolute atomic E-state index is 0.280. The lowest BCUT2D eigenvalue weighted by Gasteiger charge is -2.12. The first kappa shape index (κ1) is 23.6. The van der Waals surface area contributed by atoms with Gasteiger partial charge in [-0.25, -0.2) is 10.2 Å². The topological polar surface area (TPSA) is 62.7 Å². The Bertz CT molecular complexity index is 1120. The van der Waals surface area contributed by atoms with Crippen LogP contribution in [0.15, 0.2) is 68.6 Å². The molecule has 0 radical (unpaired) electrons. The second kappa shape index (κ2) is 11.0. The molecule has 31 heavy (non-hydrogen) atoms. The highest BCUT2D eigenvalue weighted by atomic mass is 79.9. The number of hydrogen-bond acceptors (Lipinski definition) is 3. The number of carbonyl (C=O) groups is 1. The molecule has 160 valence electrons. The SMILES string of the molecule is Cc1cc(NC(=O)N/N=C/c2cc(Cl)c(OCc3ccccc3Cl)c(Br)c2)ccc1Br. The molecule has 0 aromatic heterocycles. The average Bonchev–Trinajstić information content (AvgIpc) is 2.71. The Morgan fingerprint density at radius 3 is 2.55 bits per heavy atom. The molecule has 9 heteroatoms. The van der Waals surface area contributed by atoms with Crippen LogP contribution in [0, 0.1) is 6.92 Å². The molecular formula is C22H17Br2Cl2N3O2. The molecule has 0 atom stereocenters. The molecular weight excluding hydrogens is 569 g/mol. The van der Waals surface area contributed by atoms with E-state index >= 15 is 0 Å². The van der Waals surface area contributed by atoms with E-state index in [0.717, 1.165) is 15.6 Å². The van der Waals surface area contributed by atoms with Crippen molar-refractivity contribution in [2.45, 2.75) is 13.5 Å². The van der Waals surface area contributed by atoms with Gasteiger partial charge in [-0.1, -0.05) is 57.3 Å². The van der Waals surface area contributed by atoms with E-state index in [0.29, 0.717) is 31.5 Å². The number of benzene rings is 3. The number of urea groups is 1. The summed E-state index contributed by atoms with van der Waals surface area (Å²) in [6.45, 7) is 2.22. The molecule has 0 aliphatic heterocycles. The van der Waals surface area contributed by atoms with E-state index in [-0.39, 0.29) is 6.61 Å². The maximum Gasteiger partial charge on any atom is 0.339 e. The Balaban J connectivity index is 1.60. The summed E-state index contributed by atoms with van der Waals surface area (Å²) in [5.41, 5.74) is 5.64. The zero-order valence-electron chi connectivity index (χ0n) is 16.3. The fraction of sp³-hybridized carbons (Fsp3) is 0.0909. The van der Waals surface area contributed by atoms with Crippen LogP contribution in [0.25, 0.3) is 0 Å². The Kier molecular flexibility index (Phi) is 8.37. The molecule has 2 N–H and O–H groups in total. The summed E-state index contributed by atoms with van der Waals surface area (Å²) in [7, 11) is 0. The number of nitrogens with zero attached hydrogens (tertiary/aromatic N) is 1. The van der Waals surface area contributed by atoms with Gasteiger partial charge in [0.15, 0.2) is 5.75 Å². The van der Waals surface area contributed by atoms with E-state index in [1.807, 2.05) is 37.3 Å². The van der Waals surface area contributed by atoms with E-state index in [9.17, 15) is 4.79 Å². The van der Waals surface area contributed by atoms with Gasteiger partial charge in [-0.2, -0.15) is 5.10 Å². The molecule has 3 aromatic carbocycles. The maximum atomic E-state index is 12.0. The second-order valence-electron chi connectivity index (χ2n) is 6.48. The number of anilines is 1. The van der Waals surface area contributed by atoms with Gasteiger partial charge in [0, 0.05) is 20.7 Å². The van der Waals surface area contributed by atoms with Gasteiger partial charge in [-0.3, -0.25) is 0 Å². The summed E-state index contributed by atoms with van der Waals surface area (Å²) in [6.07, 6.45) is 1.49. The van der Waals surface area contributed by atoms with Crippen molar-refractivity contribution in [2.24, 2.45) is 5.10 Å². The molecule has 0 saturated heterocycles. The van der Waals surface area contributed by atoms with Crippen LogP contribution in [0.5, 0.6) is 5.75 Å². The number of aryl methyl sites for hydroxylation is 1. The average molecular weight is 586 g/mol. The smallest absolute Gasteiger partial charge is 0.339 e. The number of nitrogens with one attached hydrogen (secondary N) is 2. The Labute approximate surface area is 207 Å². The van der Waals surface area contributed by atoms with Crippen molar-refractivity contribution in [2.75, 3.05) is 5.32 Å². The van der Waals surface area contributed by atoms with Crippen molar-refractivity contribution >= 4 is 73.0 Å². The standard InChI is InChI=1S/C22H17Br2Cl2N3O2/c1-13-8-16(6-7-17(13)23)28-22(30)29-27-11-14-9-18(24)21(20(26)10-14)31-12-15-4-2-3-5-19(15)25/h2-11H,12H2,1H3,(H2,28,29,30)/b27-11+. The number of halogens is 4. The summed E-state index contributed by atoms with van der Waals surface area (Å²) >= 11 is 19.4. The fourth-order valence-electron chi connectivity index (χ4n) is 2.60. The Morgan fingerprint density at radius 1 is 1.06 bits per heavy atom. The second-order valence-corrected chi connectivity index (χ2v) is 9.00. The molecule has 5 nitrogen and oxygen atoms in total. The monoisotopic (exact) mass is 583 g/mol. The first-order chi connectivity index (χ1) is 14.8. The third-order valence-electron chi connectivity index (χ3n) is 4.15. The highest BCUT2D eigenvalue weighted by Crippen LogP contribution is 2.35. The van der Waals surface area contributed by atoms with Gasteiger partial charge in [0.1, 0.15) is 6.61 Å². The molecule has 0 bridgehead atoms. The quantitative estimate of drug-likeness (QED) is 0.232. The predicted molar refractivity (Wildman–Crippen MR) is 134 cm³/mol. The Morgan fingerprint density at radius 2 is 1.84 bits per heavy atom. The van der Waals surface area contributed by atoms with E-state index in [1.54, 1.807) is 24.3 Å². The molecule has 3 rings (SSSR count). The molecule has 0 saturated carbocycles. The van der Waals surface area contributed by atoms with Crippen molar-refractivity contribution in [3.63, 3.8) is 0 Å². The van der Waals surface area contributed by atoms with Crippen LogP contribution in [-0.2, 0) is 6.61 Å². The van der Waals surface area contributed by atoms with Gasteiger partial charge in [0.2, 0.25) is 0 Å². The molecule has 0 heterocycles. The van der Waals surface area contributed by atoms with Crippen molar-refractivity contribution in [1.29, 1.82) is 0 Å². The lowest BCUT2D eigenvalue weighted by atomic mass is 10.2. The number of carbonyl (C=O) groups excluding carboxylic acids is 1. The highest BCUT2D eigenvalue weighted by molar-refractivity contribution is 9.10. The van der Waals surface area contributed by atoms with E-state index in [1.165, 1.54) is 6.21 Å². The van der Waals surface area contributed by atoms with Gasteiger partial charge in [-0.15, -0.1) is 0 Å². The van der Waals surface area contributed by atoms with Gasteiger partial charge < -0.3 is 10.1 Å². The minimum Gasteiger partial charge on any atom is -0.486 e. The largest absolute Gasteiger partial charge is 0.486 e. The zero-order chi connectivity index (χ0) is 22.4. The molecule has 0 spiro atoms. The number of amides is 2. The lowest BCUT2D eigenvalue weighted by molar-refractivity contribution is 0.252. The molecule has 3 aromatic rings. The Hall–Kier alpha value is -2.06. The molecule has 2 amide bonds. The minimum atomic E-state index is -0.456. The number of hydrazone groups is 1. The van der Waals surface area contributed by atoms with Crippen LogP contribution in [0.2, 0.25) is 10.0 Å². The number of hydrogen-bond donors (Lipinski definition) is 2. The van der Waals surface area contributed by atoms with Gasteiger partial charge in [-0.05, 0) is 70.4 Å². The summed E-state index contributed by atoms with van der Waals surface area (Å²) in [4.78, 5) is 12.0. The van der Waals surface area contributed by atoms with Gasteiger partial charge in [0.25, 0.3) is 0 Å². The van der Waals surface area contributed by atoms with Crippen LogP contribution in [0.1, 0.15) is 16.7 Å². The predicted octanol–water partition coefficient (Wildman–Crippen LogP) is 7.56. The normalized spacial score (nSPS) is 10.9.